The maximum atomic E-state index is 12.7. The Bertz CT molecular complexity index is 1020. The number of carbonyl (C=O) groups excluding carboxylic acids is 2. The Hall–Kier alpha value is -2.87. The molecule has 0 fully saturated rings. The van der Waals surface area contributed by atoms with Crippen LogP contribution in [0.25, 0.3) is 0 Å². The Labute approximate surface area is 164 Å². The third kappa shape index (κ3) is 3.87. The van der Waals surface area contributed by atoms with E-state index in [4.69, 9.17) is 4.74 Å². The Balaban J connectivity index is 1.82. The van der Waals surface area contributed by atoms with Gasteiger partial charge < -0.3 is 9.64 Å². The number of hydrogen-bond acceptors (Lipinski definition) is 5. The fourth-order valence-electron chi connectivity index (χ4n) is 3.36. The molecule has 2 aromatic rings. The fourth-order valence-corrected chi connectivity index (χ4v) is 4.47. The van der Waals surface area contributed by atoms with Crippen molar-refractivity contribution in [3.63, 3.8) is 0 Å². The molecule has 1 amide bonds. The zero-order chi connectivity index (χ0) is 20.5. The number of ether oxygens (including phenoxy) is 1. The van der Waals surface area contributed by atoms with E-state index in [9.17, 15) is 18.0 Å². The summed E-state index contributed by atoms with van der Waals surface area (Å²) in [5, 5.41) is 0. The van der Waals surface area contributed by atoms with Crippen molar-refractivity contribution in [3.8, 4) is 0 Å². The van der Waals surface area contributed by atoms with Crippen molar-refractivity contribution in [2.24, 2.45) is 0 Å². The molecule has 2 aromatic carbocycles. The molecule has 1 unspecified atom stereocenters. The molecular weight excluding hydrogens is 380 g/mol. The van der Waals surface area contributed by atoms with Gasteiger partial charge in [-0.25, -0.2) is 13.2 Å². The summed E-state index contributed by atoms with van der Waals surface area (Å²) in [5.74, 6) is -0.527. The average Bonchev–Trinajstić information content (AvgIpc) is 2.97. The second-order valence-electron chi connectivity index (χ2n) is 6.64. The van der Waals surface area contributed by atoms with Crippen LogP contribution in [0.15, 0.2) is 47.4 Å². The van der Waals surface area contributed by atoms with Gasteiger partial charge >= 0.3 is 5.97 Å². The first-order chi connectivity index (χ1) is 13.2. The molecule has 1 aliphatic heterocycles. The minimum atomic E-state index is -3.80. The van der Waals surface area contributed by atoms with Gasteiger partial charge in [0.15, 0.2) is 0 Å². The Morgan fingerprint density at radius 2 is 1.86 bits per heavy atom. The molecule has 0 aromatic heterocycles. The summed E-state index contributed by atoms with van der Waals surface area (Å²) in [5.41, 5.74) is 2.26. The van der Waals surface area contributed by atoms with E-state index in [1.54, 1.807) is 24.0 Å². The molecule has 0 radical (unpaired) electrons. The van der Waals surface area contributed by atoms with Crippen molar-refractivity contribution in [3.05, 3.63) is 53.6 Å². The second-order valence-corrected chi connectivity index (χ2v) is 8.32. The van der Waals surface area contributed by atoms with E-state index in [1.807, 2.05) is 6.92 Å². The lowest BCUT2D eigenvalue weighted by molar-refractivity contribution is -0.116. The van der Waals surface area contributed by atoms with Gasteiger partial charge in [-0.1, -0.05) is 0 Å². The van der Waals surface area contributed by atoms with Crippen LogP contribution < -0.4 is 9.62 Å². The van der Waals surface area contributed by atoms with Crippen LogP contribution in [0.3, 0.4) is 0 Å². The fraction of sp³-hybridized carbons (Fsp3) is 0.300. The molecule has 0 saturated carbocycles. The molecule has 148 valence electrons. The highest BCUT2D eigenvalue weighted by Crippen LogP contribution is 2.34. The number of esters is 1. The van der Waals surface area contributed by atoms with Crippen LogP contribution >= 0.6 is 0 Å². The lowest BCUT2D eigenvalue weighted by Gasteiger charge is -2.20. The van der Waals surface area contributed by atoms with Crippen LogP contribution in [-0.2, 0) is 26.0 Å². The van der Waals surface area contributed by atoms with Gasteiger partial charge in [-0.05, 0) is 68.3 Å². The number of fused-ring (bicyclic) bond motifs is 1. The van der Waals surface area contributed by atoms with E-state index in [0.717, 1.165) is 11.3 Å². The molecule has 1 atom stereocenters. The van der Waals surface area contributed by atoms with Crippen molar-refractivity contribution in [2.45, 2.75) is 38.1 Å². The van der Waals surface area contributed by atoms with Gasteiger partial charge in [0.25, 0.3) is 10.0 Å². The van der Waals surface area contributed by atoms with Gasteiger partial charge in [0.1, 0.15) is 0 Å². The average molecular weight is 402 g/mol. The van der Waals surface area contributed by atoms with Gasteiger partial charge in [0, 0.05) is 24.3 Å². The summed E-state index contributed by atoms with van der Waals surface area (Å²) in [6, 6.07) is 10.8. The molecular formula is C20H22N2O5S. The lowest BCUT2D eigenvalue weighted by atomic mass is 10.1. The van der Waals surface area contributed by atoms with E-state index in [1.165, 1.54) is 37.3 Å². The predicted molar refractivity (Wildman–Crippen MR) is 106 cm³/mol. The second kappa shape index (κ2) is 7.63. The predicted octanol–water partition coefficient (Wildman–Crippen LogP) is 2.96. The van der Waals surface area contributed by atoms with Crippen molar-refractivity contribution in [1.82, 2.24) is 0 Å². The largest absolute Gasteiger partial charge is 0.462 e. The molecule has 3 rings (SSSR count). The van der Waals surface area contributed by atoms with Crippen LogP contribution in [0.2, 0.25) is 0 Å². The molecule has 1 N–H and O–H groups in total. The number of benzene rings is 2. The normalized spacial score (nSPS) is 15.8. The summed E-state index contributed by atoms with van der Waals surface area (Å²) in [6.07, 6.45) is 0.604. The van der Waals surface area contributed by atoms with Crippen LogP contribution in [0.4, 0.5) is 11.4 Å². The molecule has 1 heterocycles. The number of amides is 1. The number of rotatable bonds is 5. The third-order valence-corrected chi connectivity index (χ3v) is 5.94. The number of carbonyl (C=O) groups is 2. The molecule has 0 spiro atoms. The minimum Gasteiger partial charge on any atom is -0.462 e. The Morgan fingerprint density at radius 1 is 1.18 bits per heavy atom. The smallest absolute Gasteiger partial charge is 0.338 e. The van der Waals surface area contributed by atoms with Gasteiger partial charge in [-0.2, -0.15) is 0 Å². The van der Waals surface area contributed by atoms with Crippen molar-refractivity contribution >= 4 is 33.3 Å². The van der Waals surface area contributed by atoms with E-state index in [0.29, 0.717) is 17.7 Å². The number of nitrogens with zero attached hydrogens (tertiary/aromatic N) is 1. The summed E-state index contributed by atoms with van der Waals surface area (Å²) in [6.45, 7) is 5.41. The summed E-state index contributed by atoms with van der Waals surface area (Å²) < 4.78 is 32.9. The topological polar surface area (TPSA) is 92.8 Å². The first-order valence-corrected chi connectivity index (χ1v) is 10.4. The lowest BCUT2D eigenvalue weighted by Crippen LogP contribution is -2.33. The first-order valence-electron chi connectivity index (χ1n) is 8.95. The van der Waals surface area contributed by atoms with Crippen LogP contribution in [0.5, 0.6) is 0 Å². The number of sulfonamides is 1. The van der Waals surface area contributed by atoms with Crippen LogP contribution in [-0.4, -0.2) is 32.9 Å². The zero-order valence-electron chi connectivity index (χ0n) is 15.9. The molecule has 7 nitrogen and oxygen atoms in total. The van der Waals surface area contributed by atoms with Crippen LogP contribution in [0, 0.1) is 0 Å². The molecule has 0 aliphatic carbocycles. The van der Waals surface area contributed by atoms with Crippen molar-refractivity contribution in [1.29, 1.82) is 0 Å². The summed E-state index contributed by atoms with van der Waals surface area (Å²) in [4.78, 5) is 25.3. The molecule has 0 bridgehead atoms. The highest BCUT2D eigenvalue weighted by molar-refractivity contribution is 7.92. The van der Waals surface area contributed by atoms with E-state index in [2.05, 4.69) is 4.72 Å². The summed E-state index contributed by atoms with van der Waals surface area (Å²) in [7, 11) is -3.80. The zero-order valence-corrected chi connectivity index (χ0v) is 16.7. The van der Waals surface area contributed by atoms with Crippen LogP contribution in [0.1, 0.15) is 36.7 Å². The van der Waals surface area contributed by atoms with E-state index in [-0.39, 0.29) is 23.5 Å². The monoisotopic (exact) mass is 402 g/mol. The summed E-state index contributed by atoms with van der Waals surface area (Å²) >= 11 is 0. The minimum absolute atomic E-state index is 0.00571. The first kappa shape index (κ1) is 19.9. The van der Waals surface area contributed by atoms with Gasteiger partial charge in [-0.3, -0.25) is 9.52 Å². The maximum absolute atomic E-state index is 12.7. The molecule has 28 heavy (non-hydrogen) atoms. The number of hydrogen-bond donors (Lipinski definition) is 1. The Morgan fingerprint density at radius 3 is 2.46 bits per heavy atom. The van der Waals surface area contributed by atoms with Crippen molar-refractivity contribution < 1.29 is 22.7 Å². The van der Waals surface area contributed by atoms with Gasteiger partial charge in [0.2, 0.25) is 5.91 Å². The molecule has 0 saturated heterocycles. The van der Waals surface area contributed by atoms with E-state index >= 15 is 0 Å². The maximum Gasteiger partial charge on any atom is 0.338 e. The Kier molecular flexibility index (Phi) is 5.42. The third-order valence-electron chi connectivity index (χ3n) is 4.56. The van der Waals surface area contributed by atoms with E-state index < -0.39 is 16.0 Å². The standard InChI is InChI=1S/C20H22N2O5S/c1-4-27-20(24)15-5-7-17(8-6-15)21-28(25,26)18-9-10-19-16(12-18)11-13(2)22(19)14(3)23/h5-10,12-13,21H,4,11H2,1-3H3. The molecule has 1 aliphatic rings. The quantitative estimate of drug-likeness (QED) is 0.776. The number of nitrogens with one attached hydrogen (secondary N) is 1. The SMILES string of the molecule is CCOC(=O)c1ccc(NS(=O)(=O)c2ccc3c(c2)CC(C)N3C(C)=O)cc1. The highest BCUT2D eigenvalue weighted by Gasteiger charge is 2.30. The van der Waals surface area contributed by atoms with Gasteiger partial charge in [-0.15, -0.1) is 0 Å². The van der Waals surface area contributed by atoms with Crippen molar-refractivity contribution in [2.75, 3.05) is 16.2 Å². The molecule has 8 heteroatoms. The van der Waals surface area contributed by atoms with Gasteiger partial charge in [0.05, 0.1) is 17.1 Å². The number of anilines is 2. The highest BCUT2D eigenvalue weighted by atomic mass is 32.2.